The lowest BCUT2D eigenvalue weighted by Gasteiger charge is -2.38. The molecule has 116 valence electrons. The number of aryl methyl sites for hydroxylation is 1. The smallest absolute Gasteiger partial charge is 0.125 e. The Morgan fingerprint density at radius 2 is 2.33 bits per heavy atom. The highest BCUT2D eigenvalue weighted by molar-refractivity contribution is 7.99. The van der Waals surface area contributed by atoms with Crippen molar-refractivity contribution in [3.8, 4) is 5.75 Å². The second kappa shape index (κ2) is 6.19. The SMILES string of the molecule is Cc1ccc(OC2CCOC3(CCSC3)C2)c(C(C)O)c1. The van der Waals surface area contributed by atoms with Crippen molar-refractivity contribution in [3.63, 3.8) is 0 Å². The highest BCUT2D eigenvalue weighted by Gasteiger charge is 2.41. The predicted octanol–water partition coefficient (Wildman–Crippen LogP) is 3.48. The summed E-state index contributed by atoms with van der Waals surface area (Å²) in [4.78, 5) is 0. The lowest BCUT2D eigenvalue weighted by molar-refractivity contribution is -0.0961. The van der Waals surface area contributed by atoms with Gasteiger partial charge in [-0.2, -0.15) is 11.8 Å². The maximum atomic E-state index is 9.96. The summed E-state index contributed by atoms with van der Waals surface area (Å²) in [5.41, 5.74) is 2.06. The van der Waals surface area contributed by atoms with Crippen molar-refractivity contribution in [2.24, 2.45) is 0 Å². The normalized spacial score (nSPS) is 30.5. The van der Waals surface area contributed by atoms with Gasteiger partial charge < -0.3 is 14.6 Å². The van der Waals surface area contributed by atoms with Crippen LogP contribution >= 0.6 is 11.8 Å². The first-order valence-electron chi connectivity index (χ1n) is 7.75. The molecule has 2 aliphatic heterocycles. The van der Waals surface area contributed by atoms with E-state index in [-0.39, 0.29) is 11.7 Å². The molecule has 3 nitrogen and oxygen atoms in total. The molecule has 1 spiro atoms. The average molecular weight is 308 g/mol. The molecule has 3 unspecified atom stereocenters. The van der Waals surface area contributed by atoms with Crippen LogP contribution in [-0.2, 0) is 4.74 Å². The quantitative estimate of drug-likeness (QED) is 0.928. The summed E-state index contributed by atoms with van der Waals surface area (Å²) < 4.78 is 12.3. The summed E-state index contributed by atoms with van der Waals surface area (Å²) in [7, 11) is 0. The zero-order chi connectivity index (χ0) is 14.9. The fourth-order valence-corrected chi connectivity index (χ4v) is 4.61. The molecule has 0 aliphatic carbocycles. The molecule has 21 heavy (non-hydrogen) atoms. The Hall–Kier alpha value is -0.710. The third kappa shape index (κ3) is 3.38. The largest absolute Gasteiger partial charge is 0.490 e. The van der Waals surface area contributed by atoms with E-state index >= 15 is 0 Å². The number of thioether (sulfide) groups is 1. The van der Waals surface area contributed by atoms with Gasteiger partial charge in [0, 0.05) is 24.2 Å². The molecule has 4 heteroatoms. The van der Waals surface area contributed by atoms with Crippen LogP contribution in [0.1, 0.15) is 43.4 Å². The molecule has 0 amide bonds. The minimum absolute atomic E-state index is 0.0310. The molecule has 2 heterocycles. The summed E-state index contributed by atoms with van der Waals surface area (Å²) in [6, 6.07) is 6.05. The van der Waals surface area contributed by atoms with Crippen molar-refractivity contribution in [2.75, 3.05) is 18.1 Å². The number of hydrogen-bond donors (Lipinski definition) is 1. The highest BCUT2D eigenvalue weighted by Crippen LogP contribution is 2.40. The molecule has 3 atom stereocenters. The van der Waals surface area contributed by atoms with Gasteiger partial charge in [0.1, 0.15) is 11.9 Å². The standard InChI is InChI=1S/C17H24O3S/c1-12-3-4-16(15(9-12)13(2)18)20-14-5-7-19-17(10-14)6-8-21-11-17/h3-4,9,13-14,18H,5-8,10-11H2,1-2H3. The van der Waals surface area contributed by atoms with Crippen LogP contribution in [0.15, 0.2) is 18.2 Å². The topological polar surface area (TPSA) is 38.7 Å². The van der Waals surface area contributed by atoms with Crippen molar-refractivity contribution < 1.29 is 14.6 Å². The number of aliphatic hydroxyl groups is 1. The maximum Gasteiger partial charge on any atom is 0.125 e. The van der Waals surface area contributed by atoms with Crippen molar-refractivity contribution in [1.29, 1.82) is 0 Å². The van der Waals surface area contributed by atoms with Gasteiger partial charge in [-0.3, -0.25) is 0 Å². The van der Waals surface area contributed by atoms with Crippen LogP contribution < -0.4 is 4.74 Å². The van der Waals surface area contributed by atoms with E-state index in [1.165, 1.54) is 5.75 Å². The third-order valence-electron chi connectivity index (χ3n) is 4.42. The van der Waals surface area contributed by atoms with Gasteiger partial charge in [-0.15, -0.1) is 0 Å². The molecule has 0 saturated carbocycles. The Bertz CT molecular complexity index is 495. The van der Waals surface area contributed by atoms with Crippen LogP contribution in [0, 0.1) is 6.92 Å². The zero-order valence-electron chi connectivity index (χ0n) is 12.8. The number of benzene rings is 1. The van der Waals surface area contributed by atoms with E-state index < -0.39 is 6.10 Å². The van der Waals surface area contributed by atoms with Crippen molar-refractivity contribution >= 4 is 11.8 Å². The van der Waals surface area contributed by atoms with E-state index in [1.54, 1.807) is 6.92 Å². The molecule has 1 aromatic rings. The van der Waals surface area contributed by atoms with Gasteiger partial charge in [-0.05, 0) is 38.2 Å². The van der Waals surface area contributed by atoms with E-state index in [2.05, 4.69) is 0 Å². The van der Waals surface area contributed by atoms with Gasteiger partial charge in [-0.25, -0.2) is 0 Å². The van der Waals surface area contributed by atoms with Crippen LogP contribution in [0.25, 0.3) is 0 Å². The van der Waals surface area contributed by atoms with Crippen molar-refractivity contribution in [3.05, 3.63) is 29.3 Å². The molecule has 3 rings (SSSR count). The molecule has 2 saturated heterocycles. The molecular formula is C17H24O3S. The van der Waals surface area contributed by atoms with Crippen LogP contribution in [-0.4, -0.2) is 34.9 Å². The van der Waals surface area contributed by atoms with E-state index in [4.69, 9.17) is 9.47 Å². The molecule has 0 radical (unpaired) electrons. The van der Waals surface area contributed by atoms with Crippen LogP contribution in [0.3, 0.4) is 0 Å². The van der Waals surface area contributed by atoms with E-state index in [9.17, 15) is 5.11 Å². The molecule has 2 fully saturated rings. The fourth-order valence-electron chi connectivity index (χ4n) is 3.23. The molecule has 2 aliphatic rings. The van der Waals surface area contributed by atoms with E-state index in [1.807, 2.05) is 36.9 Å². The van der Waals surface area contributed by atoms with Gasteiger partial charge in [0.2, 0.25) is 0 Å². The Labute approximate surface area is 131 Å². The number of hydrogen-bond acceptors (Lipinski definition) is 4. The predicted molar refractivity (Wildman–Crippen MR) is 86.1 cm³/mol. The Balaban J connectivity index is 1.74. The minimum atomic E-state index is -0.504. The summed E-state index contributed by atoms with van der Waals surface area (Å²) in [5.74, 6) is 3.10. The highest BCUT2D eigenvalue weighted by atomic mass is 32.2. The second-order valence-corrected chi connectivity index (χ2v) is 7.39. The Morgan fingerprint density at radius 1 is 1.48 bits per heavy atom. The van der Waals surface area contributed by atoms with Crippen LogP contribution in [0.4, 0.5) is 0 Å². The molecule has 0 bridgehead atoms. The summed E-state index contributed by atoms with van der Waals surface area (Å²) in [6.07, 6.45) is 2.72. The monoisotopic (exact) mass is 308 g/mol. The van der Waals surface area contributed by atoms with Crippen LogP contribution in [0.5, 0.6) is 5.75 Å². The lowest BCUT2D eigenvalue weighted by Crippen LogP contribution is -2.43. The van der Waals surface area contributed by atoms with E-state index in [0.29, 0.717) is 0 Å². The van der Waals surface area contributed by atoms with Gasteiger partial charge >= 0.3 is 0 Å². The van der Waals surface area contributed by atoms with E-state index in [0.717, 1.165) is 48.5 Å². The fraction of sp³-hybridized carbons (Fsp3) is 0.647. The Morgan fingerprint density at radius 3 is 3.05 bits per heavy atom. The number of rotatable bonds is 3. The van der Waals surface area contributed by atoms with Crippen LogP contribution in [0.2, 0.25) is 0 Å². The first-order chi connectivity index (χ1) is 10.1. The second-order valence-electron chi connectivity index (χ2n) is 6.28. The van der Waals surface area contributed by atoms with Crippen molar-refractivity contribution in [2.45, 2.75) is 50.9 Å². The van der Waals surface area contributed by atoms with Gasteiger partial charge in [0.05, 0.1) is 18.3 Å². The first-order valence-corrected chi connectivity index (χ1v) is 8.90. The molecule has 1 N–H and O–H groups in total. The Kier molecular flexibility index (Phi) is 4.48. The maximum absolute atomic E-state index is 9.96. The first kappa shape index (κ1) is 15.2. The number of ether oxygens (including phenoxy) is 2. The average Bonchev–Trinajstić information content (AvgIpc) is 2.88. The summed E-state index contributed by atoms with van der Waals surface area (Å²) in [5, 5.41) is 9.96. The molecular weight excluding hydrogens is 284 g/mol. The number of aliphatic hydroxyl groups excluding tert-OH is 1. The van der Waals surface area contributed by atoms with Gasteiger partial charge in [0.15, 0.2) is 0 Å². The van der Waals surface area contributed by atoms with Gasteiger partial charge in [-0.1, -0.05) is 11.6 Å². The zero-order valence-corrected chi connectivity index (χ0v) is 13.6. The lowest BCUT2D eigenvalue weighted by atomic mass is 9.91. The summed E-state index contributed by atoms with van der Waals surface area (Å²) >= 11 is 1.98. The van der Waals surface area contributed by atoms with Crippen molar-refractivity contribution in [1.82, 2.24) is 0 Å². The molecule has 1 aromatic carbocycles. The molecule has 0 aromatic heterocycles. The van der Waals surface area contributed by atoms with Gasteiger partial charge in [0.25, 0.3) is 0 Å². The summed E-state index contributed by atoms with van der Waals surface area (Å²) in [6.45, 7) is 4.61. The third-order valence-corrected chi connectivity index (χ3v) is 5.65. The minimum Gasteiger partial charge on any atom is -0.490 e.